The summed E-state index contributed by atoms with van der Waals surface area (Å²) in [6.07, 6.45) is 51.4. The summed E-state index contributed by atoms with van der Waals surface area (Å²) < 4.78 is 38.3. The van der Waals surface area contributed by atoms with Crippen molar-refractivity contribution in [3.05, 3.63) is 47.5 Å². The minimum absolute atomic E-state index is 0.0330. The molecule has 0 aliphatic carbocycles. The Bertz CT molecular complexity index is 1530. The zero-order valence-corrected chi connectivity index (χ0v) is 43.7. The lowest BCUT2D eigenvalue weighted by Crippen LogP contribution is -2.11. The SMILES string of the molecule is CCCCCCCCCCCCCCCCCCCCCCOC(=O)c1ccc(O)c(S(=O)(=O)c2cc(C(=O)OCCCCCCCCCCCCCCCCCCCCCC)ccc2O)c1. The van der Waals surface area contributed by atoms with Crippen molar-refractivity contribution in [1.82, 2.24) is 0 Å². The van der Waals surface area contributed by atoms with E-state index in [0.29, 0.717) is 12.8 Å². The fraction of sp³-hybridized carbons (Fsp3) is 0.759. The molecule has 0 amide bonds. The van der Waals surface area contributed by atoms with E-state index < -0.39 is 43.1 Å². The molecule has 0 heterocycles. The molecule has 0 spiro atoms. The first kappa shape index (κ1) is 60.1. The van der Waals surface area contributed by atoms with Gasteiger partial charge in [-0.2, -0.15) is 0 Å². The number of benzene rings is 2. The Morgan fingerprint density at radius 2 is 0.567 bits per heavy atom. The summed E-state index contributed by atoms with van der Waals surface area (Å²) in [4.78, 5) is 24.7. The predicted molar refractivity (Wildman–Crippen MR) is 278 cm³/mol. The third-order valence-electron chi connectivity index (χ3n) is 13.4. The standard InChI is InChI=1S/C58H98O8S/c1-3-5-7-9-11-13-15-17-19-21-23-25-27-29-31-33-35-37-39-41-47-65-57(61)51-43-45-53(59)55(49-51)67(63,64)56-50-52(44-46-54(56)60)58(62)66-48-42-40-38-36-34-32-30-28-26-24-22-20-18-16-14-12-10-8-6-4-2/h43-46,49-50,59-60H,3-42,47-48H2,1-2H3. The largest absolute Gasteiger partial charge is 0.507 e. The molecule has 0 unspecified atom stereocenters. The maximum absolute atomic E-state index is 13.7. The fourth-order valence-electron chi connectivity index (χ4n) is 9.04. The van der Waals surface area contributed by atoms with Gasteiger partial charge in [-0.3, -0.25) is 0 Å². The van der Waals surface area contributed by atoms with Crippen LogP contribution in [0.15, 0.2) is 46.2 Å². The second-order valence-corrected chi connectivity index (χ2v) is 21.5. The molecular weight excluding hydrogens is 857 g/mol. The number of carbonyl (C=O) groups is 2. The Kier molecular flexibility index (Phi) is 36.6. The molecule has 0 atom stereocenters. The number of phenolic OH excluding ortho intramolecular Hbond substituents is 2. The minimum Gasteiger partial charge on any atom is -0.507 e. The highest BCUT2D eigenvalue weighted by Crippen LogP contribution is 2.35. The van der Waals surface area contributed by atoms with E-state index in [2.05, 4.69) is 13.8 Å². The van der Waals surface area contributed by atoms with Gasteiger partial charge in [0.25, 0.3) is 0 Å². The number of ether oxygens (including phenoxy) is 2. The maximum atomic E-state index is 13.7. The van der Waals surface area contributed by atoms with Gasteiger partial charge in [0, 0.05) is 0 Å². The second-order valence-electron chi connectivity index (χ2n) is 19.6. The first-order chi connectivity index (χ1) is 32.7. The van der Waals surface area contributed by atoms with Gasteiger partial charge in [0.15, 0.2) is 0 Å². The van der Waals surface area contributed by atoms with Crippen LogP contribution in [0.1, 0.15) is 291 Å². The molecule has 9 heteroatoms. The molecule has 2 aromatic carbocycles. The molecule has 0 fully saturated rings. The molecule has 0 aliphatic heterocycles. The number of aromatic hydroxyl groups is 2. The van der Waals surface area contributed by atoms with E-state index in [-0.39, 0.29) is 24.3 Å². The van der Waals surface area contributed by atoms with Crippen molar-refractivity contribution in [2.45, 2.75) is 280 Å². The number of phenols is 2. The number of carbonyl (C=O) groups excluding carboxylic acids is 2. The molecule has 2 N–H and O–H groups in total. The Morgan fingerprint density at radius 3 is 0.791 bits per heavy atom. The Labute approximate surface area is 410 Å². The van der Waals surface area contributed by atoms with E-state index in [1.54, 1.807) is 0 Å². The zero-order chi connectivity index (χ0) is 48.5. The van der Waals surface area contributed by atoms with Gasteiger partial charge >= 0.3 is 11.9 Å². The van der Waals surface area contributed by atoms with Crippen LogP contribution in [0.5, 0.6) is 11.5 Å². The van der Waals surface area contributed by atoms with Gasteiger partial charge in [-0.05, 0) is 49.2 Å². The van der Waals surface area contributed by atoms with Crippen molar-refractivity contribution >= 4 is 21.8 Å². The fourth-order valence-corrected chi connectivity index (χ4v) is 10.5. The van der Waals surface area contributed by atoms with E-state index in [1.165, 1.54) is 218 Å². The lowest BCUT2D eigenvalue weighted by Gasteiger charge is -2.12. The Balaban J connectivity index is 1.57. The Hall–Kier alpha value is -3.07. The number of rotatable bonds is 46. The summed E-state index contributed by atoms with van der Waals surface area (Å²) in [5.41, 5.74) is -0.0659. The van der Waals surface area contributed by atoms with Gasteiger partial charge in [-0.15, -0.1) is 0 Å². The summed E-state index contributed by atoms with van der Waals surface area (Å²) in [6.45, 7) is 4.97. The molecule has 384 valence electrons. The third-order valence-corrected chi connectivity index (χ3v) is 15.2. The van der Waals surface area contributed by atoms with Crippen LogP contribution in [0.4, 0.5) is 0 Å². The predicted octanol–water partition coefficient (Wildman–Crippen LogP) is 17.9. The van der Waals surface area contributed by atoms with Gasteiger partial charge < -0.3 is 19.7 Å². The molecule has 0 radical (unpaired) electrons. The summed E-state index contributed by atoms with van der Waals surface area (Å²) in [7, 11) is -4.54. The molecule has 0 saturated carbocycles. The van der Waals surface area contributed by atoms with Gasteiger partial charge in [0.2, 0.25) is 9.84 Å². The van der Waals surface area contributed by atoms with Crippen LogP contribution in [0.2, 0.25) is 0 Å². The van der Waals surface area contributed by atoms with Crippen LogP contribution in [0.3, 0.4) is 0 Å². The van der Waals surface area contributed by atoms with Crippen LogP contribution >= 0.6 is 0 Å². The number of unbranched alkanes of at least 4 members (excludes halogenated alkanes) is 38. The second kappa shape index (κ2) is 40.8. The molecule has 0 aliphatic rings. The van der Waals surface area contributed by atoms with Crippen molar-refractivity contribution in [2.24, 2.45) is 0 Å². The van der Waals surface area contributed by atoms with Crippen molar-refractivity contribution < 1.29 is 37.7 Å². The molecule has 8 nitrogen and oxygen atoms in total. The average molecular weight is 955 g/mol. The summed E-state index contributed by atoms with van der Waals surface area (Å²) >= 11 is 0. The molecule has 0 bridgehead atoms. The van der Waals surface area contributed by atoms with Crippen molar-refractivity contribution in [1.29, 1.82) is 0 Å². The normalized spacial score (nSPS) is 11.6. The molecule has 0 saturated heterocycles. The zero-order valence-electron chi connectivity index (χ0n) is 42.9. The highest BCUT2D eigenvalue weighted by Gasteiger charge is 2.28. The van der Waals surface area contributed by atoms with E-state index >= 15 is 0 Å². The van der Waals surface area contributed by atoms with E-state index in [1.807, 2.05) is 0 Å². The van der Waals surface area contributed by atoms with Crippen LogP contribution < -0.4 is 0 Å². The van der Waals surface area contributed by atoms with E-state index in [9.17, 15) is 28.2 Å². The maximum Gasteiger partial charge on any atom is 0.338 e. The number of hydrogen-bond donors (Lipinski definition) is 2. The average Bonchev–Trinajstić information content (AvgIpc) is 3.32. The minimum atomic E-state index is -4.54. The van der Waals surface area contributed by atoms with Gasteiger partial charge in [0.1, 0.15) is 21.3 Å². The monoisotopic (exact) mass is 955 g/mol. The number of sulfone groups is 1. The number of hydrogen-bond acceptors (Lipinski definition) is 8. The van der Waals surface area contributed by atoms with Gasteiger partial charge in [-0.25, -0.2) is 18.0 Å². The topological polar surface area (TPSA) is 127 Å². The smallest absolute Gasteiger partial charge is 0.338 e. The van der Waals surface area contributed by atoms with Crippen LogP contribution in [-0.2, 0) is 19.3 Å². The first-order valence-electron chi connectivity index (χ1n) is 28.0. The lowest BCUT2D eigenvalue weighted by atomic mass is 10.0. The van der Waals surface area contributed by atoms with E-state index in [0.717, 1.165) is 62.8 Å². The summed E-state index contributed by atoms with van der Waals surface area (Å²) in [5, 5.41) is 21.1. The third kappa shape index (κ3) is 29.5. The molecule has 67 heavy (non-hydrogen) atoms. The van der Waals surface area contributed by atoms with Crippen molar-refractivity contribution in [3.63, 3.8) is 0 Å². The molecule has 0 aromatic heterocycles. The summed E-state index contributed by atoms with van der Waals surface area (Å²) in [5.74, 6) is -2.56. The molecule has 2 aromatic rings. The first-order valence-corrected chi connectivity index (χ1v) is 29.5. The quantitative estimate of drug-likeness (QED) is 0.0496. The number of esters is 2. The van der Waals surface area contributed by atoms with Crippen LogP contribution in [-0.4, -0.2) is 43.8 Å². The van der Waals surface area contributed by atoms with Gasteiger partial charge in [-0.1, -0.05) is 258 Å². The van der Waals surface area contributed by atoms with Crippen molar-refractivity contribution in [2.75, 3.05) is 13.2 Å². The van der Waals surface area contributed by atoms with Crippen LogP contribution in [0, 0.1) is 0 Å². The Morgan fingerprint density at radius 1 is 0.358 bits per heavy atom. The highest BCUT2D eigenvalue weighted by atomic mass is 32.2. The van der Waals surface area contributed by atoms with E-state index in [4.69, 9.17) is 9.47 Å². The lowest BCUT2D eigenvalue weighted by molar-refractivity contribution is 0.0488. The van der Waals surface area contributed by atoms with Crippen LogP contribution in [0.25, 0.3) is 0 Å². The van der Waals surface area contributed by atoms with Gasteiger partial charge in [0.05, 0.1) is 24.3 Å². The highest BCUT2D eigenvalue weighted by molar-refractivity contribution is 7.91. The van der Waals surface area contributed by atoms with Crippen molar-refractivity contribution in [3.8, 4) is 11.5 Å². The molecular formula is C58H98O8S. The summed E-state index contributed by atoms with van der Waals surface area (Å²) in [6, 6.07) is 6.96. The molecule has 2 rings (SSSR count).